The van der Waals surface area contributed by atoms with Gasteiger partial charge in [-0.15, -0.1) is 0 Å². The highest BCUT2D eigenvalue weighted by atomic mass is 35.5. The minimum Gasteiger partial charge on any atom is -0.288 e. The van der Waals surface area contributed by atoms with Gasteiger partial charge in [0, 0.05) is 11.1 Å². The van der Waals surface area contributed by atoms with Crippen molar-refractivity contribution in [1.29, 1.82) is 0 Å². The second kappa shape index (κ2) is 3.92. The van der Waals surface area contributed by atoms with Crippen LogP contribution in [-0.2, 0) is 9.59 Å². The summed E-state index contributed by atoms with van der Waals surface area (Å²) in [7, 11) is 0. The molecule has 0 fully saturated rings. The Bertz CT molecular complexity index is 535. The highest BCUT2D eigenvalue weighted by molar-refractivity contribution is 6.45. The third-order valence-electron chi connectivity index (χ3n) is 2.39. The first-order chi connectivity index (χ1) is 7.52. The van der Waals surface area contributed by atoms with Crippen LogP contribution in [-0.4, -0.2) is 11.8 Å². The van der Waals surface area contributed by atoms with E-state index in [4.69, 9.17) is 23.2 Å². The lowest BCUT2D eigenvalue weighted by Gasteiger charge is -2.05. The van der Waals surface area contributed by atoms with Crippen LogP contribution in [0, 0.1) is 0 Å². The maximum atomic E-state index is 11.6. The van der Waals surface area contributed by atoms with Crippen LogP contribution >= 0.6 is 23.2 Å². The Morgan fingerprint density at radius 2 is 1.81 bits per heavy atom. The molecule has 0 aliphatic carbocycles. The first-order valence-corrected chi connectivity index (χ1v) is 5.29. The van der Waals surface area contributed by atoms with Crippen LogP contribution in [0.2, 0.25) is 10.0 Å². The van der Waals surface area contributed by atoms with Gasteiger partial charge in [0.15, 0.2) is 0 Å². The van der Waals surface area contributed by atoms with Gasteiger partial charge in [-0.1, -0.05) is 35.3 Å². The summed E-state index contributed by atoms with van der Waals surface area (Å²) >= 11 is 11.8. The van der Waals surface area contributed by atoms with E-state index in [9.17, 15) is 9.59 Å². The molecule has 0 bridgehead atoms. The molecule has 0 unspecified atom stereocenters. The fourth-order valence-electron chi connectivity index (χ4n) is 1.56. The summed E-state index contributed by atoms with van der Waals surface area (Å²) in [5.41, 5.74) is 1.13. The molecule has 3 nitrogen and oxygen atoms in total. The number of halogens is 2. The Morgan fingerprint density at radius 3 is 2.38 bits per heavy atom. The van der Waals surface area contributed by atoms with Crippen molar-refractivity contribution in [3.8, 4) is 0 Å². The van der Waals surface area contributed by atoms with E-state index in [1.54, 1.807) is 25.1 Å². The van der Waals surface area contributed by atoms with Crippen molar-refractivity contribution in [2.24, 2.45) is 0 Å². The summed E-state index contributed by atoms with van der Waals surface area (Å²) in [4.78, 5) is 22.9. The van der Waals surface area contributed by atoms with E-state index in [1.165, 1.54) is 0 Å². The maximum absolute atomic E-state index is 11.6. The number of nitrogens with one attached hydrogen (secondary N) is 1. The van der Waals surface area contributed by atoms with Gasteiger partial charge < -0.3 is 0 Å². The Balaban J connectivity index is 2.66. The predicted molar refractivity (Wildman–Crippen MR) is 62.2 cm³/mol. The number of carbonyl (C=O) groups excluding carboxylic acids is 2. The second-order valence-corrected chi connectivity index (χ2v) is 4.17. The van der Waals surface area contributed by atoms with E-state index in [0.717, 1.165) is 0 Å². The Labute approximate surface area is 102 Å². The van der Waals surface area contributed by atoms with Crippen molar-refractivity contribution in [2.75, 3.05) is 0 Å². The van der Waals surface area contributed by atoms with Crippen molar-refractivity contribution in [3.05, 3.63) is 39.4 Å². The summed E-state index contributed by atoms with van der Waals surface area (Å²) in [6, 6.07) is 4.96. The zero-order chi connectivity index (χ0) is 11.9. The van der Waals surface area contributed by atoms with Crippen molar-refractivity contribution in [1.82, 2.24) is 5.32 Å². The van der Waals surface area contributed by atoms with Crippen LogP contribution in [0.15, 0.2) is 23.8 Å². The highest BCUT2D eigenvalue weighted by Gasteiger charge is 2.29. The number of hydrogen-bond acceptors (Lipinski definition) is 2. The third kappa shape index (κ3) is 1.62. The van der Waals surface area contributed by atoms with Gasteiger partial charge in [-0.25, -0.2) is 0 Å². The van der Waals surface area contributed by atoms with E-state index in [1.807, 2.05) is 0 Å². The third-order valence-corrected chi connectivity index (χ3v) is 3.21. The number of amides is 2. The molecule has 0 spiro atoms. The van der Waals surface area contributed by atoms with Gasteiger partial charge in [0.2, 0.25) is 0 Å². The SMILES string of the molecule is CC1=C(c2cccc(Cl)c2Cl)C(=O)NC1=O. The first kappa shape index (κ1) is 11.2. The van der Waals surface area contributed by atoms with Crippen LogP contribution < -0.4 is 5.32 Å². The molecular weight excluding hydrogens is 249 g/mol. The molecule has 1 N–H and O–H groups in total. The molecule has 0 saturated carbocycles. The lowest BCUT2D eigenvalue weighted by atomic mass is 10.0. The number of rotatable bonds is 1. The van der Waals surface area contributed by atoms with Crippen LogP contribution in [0.25, 0.3) is 5.57 Å². The topological polar surface area (TPSA) is 46.2 Å². The van der Waals surface area contributed by atoms with Crippen molar-refractivity contribution in [3.63, 3.8) is 0 Å². The maximum Gasteiger partial charge on any atom is 0.259 e. The molecule has 1 aromatic rings. The molecule has 2 rings (SSSR count). The molecule has 0 radical (unpaired) electrons. The quantitative estimate of drug-likeness (QED) is 0.784. The average Bonchev–Trinajstić information content (AvgIpc) is 2.47. The fourth-order valence-corrected chi connectivity index (χ4v) is 1.96. The van der Waals surface area contributed by atoms with Crippen LogP contribution in [0.4, 0.5) is 0 Å². The smallest absolute Gasteiger partial charge is 0.259 e. The average molecular weight is 256 g/mol. The van der Waals surface area contributed by atoms with Crippen molar-refractivity contribution >= 4 is 40.6 Å². The van der Waals surface area contributed by atoms with Crippen LogP contribution in [0.5, 0.6) is 0 Å². The van der Waals surface area contributed by atoms with Gasteiger partial charge in [-0.3, -0.25) is 14.9 Å². The van der Waals surface area contributed by atoms with Gasteiger partial charge >= 0.3 is 0 Å². The number of imide groups is 1. The molecule has 2 amide bonds. The molecule has 0 atom stereocenters. The first-order valence-electron chi connectivity index (χ1n) is 4.53. The van der Waals surface area contributed by atoms with Gasteiger partial charge in [0.25, 0.3) is 11.8 Å². The van der Waals surface area contributed by atoms with E-state index < -0.39 is 11.8 Å². The summed E-state index contributed by atoms with van der Waals surface area (Å²) in [6.07, 6.45) is 0. The number of hydrogen-bond donors (Lipinski definition) is 1. The molecule has 5 heteroatoms. The van der Waals surface area contributed by atoms with Crippen molar-refractivity contribution in [2.45, 2.75) is 6.92 Å². The Hall–Kier alpha value is -1.32. The summed E-state index contributed by atoms with van der Waals surface area (Å²) in [6.45, 7) is 1.58. The van der Waals surface area contributed by atoms with Gasteiger partial charge in [0.1, 0.15) is 0 Å². The molecule has 82 valence electrons. The minimum atomic E-state index is -0.438. The molecule has 0 aromatic heterocycles. The molecule has 1 aliphatic rings. The summed E-state index contributed by atoms with van der Waals surface area (Å²) in [5, 5.41) is 2.84. The molecule has 0 saturated heterocycles. The van der Waals surface area contributed by atoms with E-state index >= 15 is 0 Å². The summed E-state index contributed by atoms with van der Waals surface area (Å²) in [5.74, 6) is -0.831. The zero-order valence-corrected chi connectivity index (χ0v) is 9.82. The normalized spacial score (nSPS) is 15.7. The molecule has 1 heterocycles. The van der Waals surface area contributed by atoms with Gasteiger partial charge in [0.05, 0.1) is 15.6 Å². The standard InChI is InChI=1S/C11H7Cl2NO2/c1-5-8(11(16)14-10(5)15)6-3-2-4-7(12)9(6)13/h2-4H,1H3,(H,14,15,16). The number of carbonyl (C=O) groups is 2. The van der Waals surface area contributed by atoms with Crippen molar-refractivity contribution < 1.29 is 9.59 Å². The Morgan fingerprint density at radius 1 is 1.12 bits per heavy atom. The molecule has 1 aliphatic heterocycles. The Kier molecular flexibility index (Phi) is 2.74. The predicted octanol–water partition coefficient (Wildman–Crippen LogP) is 2.42. The van der Waals surface area contributed by atoms with Crippen LogP contribution in [0.1, 0.15) is 12.5 Å². The largest absolute Gasteiger partial charge is 0.288 e. The van der Waals surface area contributed by atoms with Gasteiger partial charge in [-0.05, 0) is 13.0 Å². The molecular formula is C11H7Cl2NO2. The lowest BCUT2D eigenvalue weighted by molar-refractivity contribution is -0.123. The van der Waals surface area contributed by atoms with Crippen LogP contribution in [0.3, 0.4) is 0 Å². The molecule has 1 aromatic carbocycles. The number of benzene rings is 1. The lowest BCUT2D eigenvalue weighted by Crippen LogP contribution is -2.22. The zero-order valence-electron chi connectivity index (χ0n) is 8.30. The van der Waals surface area contributed by atoms with E-state index in [0.29, 0.717) is 16.2 Å². The fraction of sp³-hybridized carbons (Fsp3) is 0.0909. The van der Waals surface area contributed by atoms with Gasteiger partial charge in [-0.2, -0.15) is 0 Å². The van der Waals surface area contributed by atoms with E-state index in [2.05, 4.69) is 5.32 Å². The minimum absolute atomic E-state index is 0.281. The van der Waals surface area contributed by atoms with E-state index in [-0.39, 0.29) is 10.6 Å². The summed E-state index contributed by atoms with van der Waals surface area (Å²) < 4.78 is 0. The monoisotopic (exact) mass is 255 g/mol. The molecule has 16 heavy (non-hydrogen) atoms. The second-order valence-electron chi connectivity index (χ2n) is 3.38. The highest BCUT2D eigenvalue weighted by Crippen LogP contribution is 2.33.